The summed E-state index contributed by atoms with van der Waals surface area (Å²) in [7, 11) is 0. The van der Waals surface area contributed by atoms with Crippen LogP contribution in [0.3, 0.4) is 0 Å². The molecule has 0 atom stereocenters. The summed E-state index contributed by atoms with van der Waals surface area (Å²) in [5, 5.41) is 7.25. The van der Waals surface area contributed by atoms with Crippen molar-refractivity contribution < 1.29 is 14.0 Å². The largest absolute Gasteiger partial charge is 0.322 e. The number of rotatable bonds is 4. The average molecular weight is 358 g/mol. The van der Waals surface area contributed by atoms with E-state index in [1.807, 2.05) is 0 Å². The van der Waals surface area contributed by atoms with Crippen LogP contribution < -0.4 is 5.32 Å². The minimum atomic E-state index is -0.360. The van der Waals surface area contributed by atoms with E-state index in [1.54, 1.807) is 31.3 Å². The fourth-order valence-electron chi connectivity index (χ4n) is 2.31. The molecule has 1 aromatic heterocycles. The van der Waals surface area contributed by atoms with E-state index in [0.29, 0.717) is 34.5 Å². The van der Waals surface area contributed by atoms with E-state index in [0.717, 1.165) is 0 Å². The second-order valence-electron chi connectivity index (χ2n) is 5.36. The van der Waals surface area contributed by atoms with Gasteiger partial charge in [0, 0.05) is 17.4 Å². The molecular formula is C18H13ClFN3O2. The number of nitrogens with zero attached hydrogens (tertiary/aromatic N) is 2. The molecule has 5 nitrogen and oxygen atoms in total. The Labute approximate surface area is 148 Å². The molecule has 7 heteroatoms. The minimum absolute atomic E-state index is 0.256. The van der Waals surface area contributed by atoms with Crippen LogP contribution in [0.15, 0.2) is 48.7 Å². The van der Waals surface area contributed by atoms with Gasteiger partial charge in [-0.05, 0) is 49.4 Å². The van der Waals surface area contributed by atoms with Gasteiger partial charge in [-0.15, -0.1) is 0 Å². The van der Waals surface area contributed by atoms with Crippen molar-refractivity contribution in [1.29, 1.82) is 0 Å². The number of anilines is 1. The second kappa shape index (κ2) is 6.86. The van der Waals surface area contributed by atoms with Crippen molar-refractivity contribution in [1.82, 2.24) is 9.78 Å². The van der Waals surface area contributed by atoms with Crippen LogP contribution in [-0.4, -0.2) is 22.0 Å². The van der Waals surface area contributed by atoms with Gasteiger partial charge in [-0.25, -0.2) is 9.07 Å². The molecule has 2 aromatic carbocycles. The third-order valence-electron chi connectivity index (χ3n) is 3.62. The Hall–Kier alpha value is -2.99. The third-order valence-corrected chi connectivity index (χ3v) is 3.95. The molecule has 0 aliphatic heterocycles. The monoisotopic (exact) mass is 357 g/mol. The number of nitrogens with one attached hydrogen (secondary N) is 1. The lowest BCUT2D eigenvalue weighted by atomic mass is 10.2. The maximum Gasteiger partial charge on any atom is 0.259 e. The van der Waals surface area contributed by atoms with Crippen LogP contribution in [0, 0.1) is 12.7 Å². The first-order chi connectivity index (χ1) is 12.0. The molecule has 0 unspecified atom stereocenters. The normalized spacial score (nSPS) is 10.5. The van der Waals surface area contributed by atoms with Gasteiger partial charge in [-0.3, -0.25) is 9.59 Å². The molecular weight excluding hydrogens is 345 g/mol. The van der Waals surface area contributed by atoms with Gasteiger partial charge in [0.25, 0.3) is 5.91 Å². The Bertz CT molecular complexity index is 951. The van der Waals surface area contributed by atoms with E-state index >= 15 is 0 Å². The predicted molar refractivity (Wildman–Crippen MR) is 93.1 cm³/mol. The quantitative estimate of drug-likeness (QED) is 0.717. The molecule has 25 heavy (non-hydrogen) atoms. The topological polar surface area (TPSA) is 64.0 Å². The van der Waals surface area contributed by atoms with Gasteiger partial charge < -0.3 is 5.32 Å². The van der Waals surface area contributed by atoms with Crippen LogP contribution in [0.2, 0.25) is 5.02 Å². The van der Waals surface area contributed by atoms with Crippen LogP contribution in [0.4, 0.5) is 10.1 Å². The molecule has 0 saturated heterocycles. The number of aromatic nitrogens is 2. The summed E-state index contributed by atoms with van der Waals surface area (Å²) in [6, 6.07) is 10.4. The summed E-state index contributed by atoms with van der Waals surface area (Å²) >= 11 is 5.96. The summed E-state index contributed by atoms with van der Waals surface area (Å²) in [5.74, 6) is -0.706. The lowest BCUT2D eigenvalue weighted by molar-refractivity contribution is 0.102. The van der Waals surface area contributed by atoms with Crippen LogP contribution in [0.5, 0.6) is 0 Å². The summed E-state index contributed by atoms with van der Waals surface area (Å²) < 4.78 is 14.5. The summed E-state index contributed by atoms with van der Waals surface area (Å²) in [6.07, 6.45) is 2.21. The molecule has 0 spiro atoms. The SMILES string of the molecule is Cc1nn(-c2ccc(F)cc2)cc1C(=O)Nc1ccc(C=O)c(Cl)c1. The Morgan fingerprint density at radius 3 is 2.60 bits per heavy atom. The standard InChI is InChI=1S/C18H13ClFN3O2/c1-11-16(9-23(22-11)15-6-3-13(20)4-7-15)18(25)21-14-5-2-12(10-24)17(19)8-14/h2-10H,1H3,(H,21,25). The zero-order chi connectivity index (χ0) is 18.0. The molecule has 1 amide bonds. The van der Waals surface area contributed by atoms with Crippen LogP contribution in [0.25, 0.3) is 5.69 Å². The van der Waals surface area contributed by atoms with Crippen LogP contribution in [0.1, 0.15) is 26.4 Å². The summed E-state index contributed by atoms with van der Waals surface area (Å²) in [6.45, 7) is 1.71. The molecule has 0 radical (unpaired) electrons. The highest BCUT2D eigenvalue weighted by molar-refractivity contribution is 6.33. The highest BCUT2D eigenvalue weighted by Gasteiger charge is 2.15. The lowest BCUT2D eigenvalue weighted by Crippen LogP contribution is -2.12. The van der Waals surface area contributed by atoms with E-state index in [4.69, 9.17) is 11.6 Å². The van der Waals surface area contributed by atoms with Crippen LogP contribution >= 0.6 is 11.6 Å². The van der Waals surface area contributed by atoms with Gasteiger partial charge in [-0.1, -0.05) is 11.6 Å². The highest BCUT2D eigenvalue weighted by Crippen LogP contribution is 2.21. The summed E-state index contributed by atoms with van der Waals surface area (Å²) in [5.41, 5.74) is 2.36. The maximum atomic E-state index is 13.0. The van der Waals surface area contributed by atoms with Gasteiger partial charge in [0.05, 0.1) is 22.0 Å². The molecule has 1 N–H and O–H groups in total. The fourth-order valence-corrected chi connectivity index (χ4v) is 2.53. The smallest absolute Gasteiger partial charge is 0.259 e. The van der Waals surface area contributed by atoms with E-state index in [9.17, 15) is 14.0 Å². The molecule has 1 heterocycles. The molecule has 3 rings (SSSR count). The van der Waals surface area contributed by atoms with Crippen molar-refractivity contribution in [3.63, 3.8) is 0 Å². The maximum absolute atomic E-state index is 13.0. The van der Waals surface area contributed by atoms with E-state index in [-0.39, 0.29) is 16.7 Å². The number of hydrogen-bond donors (Lipinski definition) is 1. The molecule has 0 bridgehead atoms. The van der Waals surface area contributed by atoms with E-state index < -0.39 is 0 Å². The zero-order valence-electron chi connectivity index (χ0n) is 13.2. The number of halogens is 2. The number of benzene rings is 2. The first-order valence-corrected chi connectivity index (χ1v) is 7.74. The first-order valence-electron chi connectivity index (χ1n) is 7.36. The van der Waals surface area contributed by atoms with E-state index in [2.05, 4.69) is 10.4 Å². The molecule has 3 aromatic rings. The van der Waals surface area contributed by atoms with Crippen molar-refractivity contribution in [3.05, 3.63) is 76.3 Å². The van der Waals surface area contributed by atoms with Gasteiger partial charge in [0.2, 0.25) is 0 Å². The van der Waals surface area contributed by atoms with Crippen molar-refractivity contribution in [2.24, 2.45) is 0 Å². The van der Waals surface area contributed by atoms with Crippen molar-refractivity contribution >= 4 is 29.5 Å². The molecule has 0 aliphatic carbocycles. The van der Waals surface area contributed by atoms with Crippen molar-refractivity contribution in [2.45, 2.75) is 6.92 Å². The number of aryl methyl sites for hydroxylation is 1. The Balaban J connectivity index is 1.84. The van der Waals surface area contributed by atoms with E-state index in [1.165, 1.54) is 28.9 Å². The number of amides is 1. The highest BCUT2D eigenvalue weighted by atomic mass is 35.5. The first kappa shape index (κ1) is 16.9. The van der Waals surface area contributed by atoms with Gasteiger partial charge in [0.15, 0.2) is 6.29 Å². The second-order valence-corrected chi connectivity index (χ2v) is 5.76. The fraction of sp³-hybridized carbons (Fsp3) is 0.0556. The Morgan fingerprint density at radius 2 is 1.96 bits per heavy atom. The van der Waals surface area contributed by atoms with Gasteiger partial charge in [-0.2, -0.15) is 5.10 Å². The lowest BCUT2D eigenvalue weighted by Gasteiger charge is -2.05. The minimum Gasteiger partial charge on any atom is -0.322 e. The Morgan fingerprint density at radius 1 is 1.24 bits per heavy atom. The molecule has 0 fully saturated rings. The van der Waals surface area contributed by atoms with Gasteiger partial charge in [0.1, 0.15) is 5.82 Å². The summed E-state index contributed by atoms with van der Waals surface area (Å²) in [4.78, 5) is 23.2. The number of aldehydes is 1. The number of carbonyl (C=O) groups is 2. The molecule has 126 valence electrons. The predicted octanol–water partition coefficient (Wildman–Crippen LogP) is 4.04. The van der Waals surface area contributed by atoms with Gasteiger partial charge >= 0.3 is 0 Å². The Kier molecular flexibility index (Phi) is 4.63. The number of hydrogen-bond acceptors (Lipinski definition) is 3. The third kappa shape index (κ3) is 3.59. The zero-order valence-corrected chi connectivity index (χ0v) is 13.9. The number of carbonyl (C=O) groups excluding carboxylic acids is 2. The van der Waals surface area contributed by atoms with Crippen molar-refractivity contribution in [3.8, 4) is 5.69 Å². The van der Waals surface area contributed by atoms with Crippen LogP contribution in [-0.2, 0) is 0 Å². The molecule has 0 saturated carbocycles. The van der Waals surface area contributed by atoms with Crippen molar-refractivity contribution in [2.75, 3.05) is 5.32 Å². The molecule has 0 aliphatic rings. The average Bonchev–Trinajstić information content (AvgIpc) is 2.97.